The fourth-order valence-corrected chi connectivity index (χ4v) is 2.66. The fourth-order valence-electron chi connectivity index (χ4n) is 2.66. The van der Waals surface area contributed by atoms with E-state index in [0.29, 0.717) is 18.2 Å². The molecule has 0 bridgehead atoms. The fraction of sp³-hybridized carbons (Fsp3) is 0.286. The van der Waals surface area contributed by atoms with Gasteiger partial charge in [-0.1, -0.05) is 26.0 Å². The summed E-state index contributed by atoms with van der Waals surface area (Å²) in [6.45, 7) is 4.66. The molecule has 6 heteroatoms. The number of rotatable bonds is 7. The van der Waals surface area contributed by atoms with Crippen molar-refractivity contribution in [3.63, 3.8) is 0 Å². The minimum Gasteiger partial charge on any atom is -0.484 e. The van der Waals surface area contributed by atoms with Gasteiger partial charge in [0.15, 0.2) is 6.61 Å². The predicted molar refractivity (Wildman–Crippen MR) is 104 cm³/mol. The Morgan fingerprint density at radius 3 is 2.59 bits per heavy atom. The number of hydrogen-bond acceptors (Lipinski definition) is 4. The van der Waals surface area contributed by atoms with E-state index in [1.165, 1.54) is 5.56 Å². The van der Waals surface area contributed by atoms with E-state index in [2.05, 4.69) is 29.2 Å². The largest absolute Gasteiger partial charge is 0.484 e. The summed E-state index contributed by atoms with van der Waals surface area (Å²) in [5.41, 5.74) is 4.13. The van der Waals surface area contributed by atoms with Gasteiger partial charge in [-0.15, -0.1) is 0 Å². The highest BCUT2D eigenvalue weighted by Crippen LogP contribution is 2.19. The van der Waals surface area contributed by atoms with Crippen LogP contribution in [0.2, 0.25) is 0 Å². The van der Waals surface area contributed by atoms with Crippen LogP contribution in [0.5, 0.6) is 5.75 Å². The first-order chi connectivity index (χ1) is 13.0. The van der Waals surface area contributed by atoms with Gasteiger partial charge in [-0.2, -0.15) is 5.10 Å². The smallest absolute Gasteiger partial charge is 0.258 e. The van der Waals surface area contributed by atoms with Crippen LogP contribution in [-0.2, 0) is 18.4 Å². The van der Waals surface area contributed by atoms with E-state index in [9.17, 15) is 4.79 Å². The predicted octanol–water partition coefficient (Wildman–Crippen LogP) is 3.30. The number of pyridine rings is 1. The third-order valence-corrected chi connectivity index (χ3v) is 4.24. The van der Waals surface area contributed by atoms with Crippen LogP contribution in [0.15, 0.2) is 55.1 Å². The zero-order chi connectivity index (χ0) is 19.2. The second-order valence-corrected chi connectivity index (χ2v) is 6.77. The van der Waals surface area contributed by atoms with Crippen LogP contribution in [-0.4, -0.2) is 27.3 Å². The molecule has 1 amide bonds. The van der Waals surface area contributed by atoms with E-state index in [0.717, 1.165) is 16.7 Å². The molecule has 2 aromatic heterocycles. The Morgan fingerprint density at radius 2 is 1.93 bits per heavy atom. The molecule has 1 N–H and O–H groups in total. The number of amides is 1. The van der Waals surface area contributed by atoms with Crippen LogP contribution in [0.25, 0.3) is 11.1 Å². The summed E-state index contributed by atoms with van der Waals surface area (Å²) in [5, 5.41) is 7.03. The van der Waals surface area contributed by atoms with Crippen LogP contribution >= 0.6 is 0 Å². The molecule has 3 rings (SSSR count). The Morgan fingerprint density at radius 1 is 1.15 bits per heavy atom. The van der Waals surface area contributed by atoms with Crippen molar-refractivity contribution in [2.75, 3.05) is 6.61 Å². The highest BCUT2D eigenvalue weighted by molar-refractivity contribution is 5.77. The van der Waals surface area contributed by atoms with E-state index in [1.54, 1.807) is 23.3 Å². The number of aryl methyl sites for hydroxylation is 1. The molecule has 0 aliphatic carbocycles. The van der Waals surface area contributed by atoms with Crippen molar-refractivity contribution in [1.29, 1.82) is 0 Å². The summed E-state index contributed by atoms with van der Waals surface area (Å²) >= 11 is 0. The maximum absolute atomic E-state index is 12.1. The number of carbonyl (C=O) groups is 1. The van der Waals surface area contributed by atoms with Gasteiger partial charge in [0.1, 0.15) is 5.75 Å². The average molecular weight is 364 g/mol. The van der Waals surface area contributed by atoms with Gasteiger partial charge in [-0.3, -0.25) is 14.5 Å². The molecule has 0 saturated carbocycles. The lowest BCUT2D eigenvalue weighted by Gasteiger charge is -2.10. The molecule has 0 saturated heterocycles. The first-order valence-electron chi connectivity index (χ1n) is 8.93. The first kappa shape index (κ1) is 18.6. The van der Waals surface area contributed by atoms with Crippen LogP contribution in [0.4, 0.5) is 0 Å². The highest BCUT2D eigenvalue weighted by Gasteiger charge is 2.06. The summed E-state index contributed by atoms with van der Waals surface area (Å²) in [7, 11) is 1.87. The van der Waals surface area contributed by atoms with E-state index in [-0.39, 0.29) is 12.5 Å². The van der Waals surface area contributed by atoms with Crippen LogP contribution in [0.1, 0.15) is 30.9 Å². The van der Waals surface area contributed by atoms with Crippen molar-refractivity contribution in [3.05, 3.63) is 66.2 Å². The van der Waals surface area contributed by atoms with Crippen molar-refractivity contribution < 1.29 is 9.53 Å². The minimum absolute atomic E-state index is 0.0171. The van der Waals surface area contributed by atoms with Gasteiger partial charge in [0.2, 0.25) is 0 Å². The van der Waals surface area contributed by atoms with E-state index >= 15 is 0 Å². The number of nitrogens with one attached hydrogen (secondary N) is 1. The van der Waals surface area contributed by atoms with E-state index in [1.807, 2.05) is 43.6 Å². The normalized spacial score (nSPS) is 10.8. The number of nitrogens with zero attached hydrogens (tertiary/aromatic N) is 3. The van der Waals surface area contributed by atoms with Crippen molar-refractivity contribution in [2.45, 2.75) is 26.3 Å². The molecule has 0 fully saturated rings. The Bertz CT molecular complexity index is 901. The maximum Gasteiger partial charge on any atom is 0.258 e. The summed E-state index contributed by atoms with van der Waals surface area (Å²) in [4.78, 5) is 16.3. The number of carbonyl (C=O) groups excluding carboxylic acids is 1. The molecule has 0 unspecified atom stereocenters. The number of hydrogen-bond donors (Lipinski definition) is 1. The number of aromatic nitrogens is 3. The highest BCUT2D eigenvalue weighted by atomic mass is 16.5. The maximum atomic E-state index is 12.1. The standard InChI is InChI=1S/C21H24N4O2/c1-15(2)17-4-6-20(7-5-17)27-14-21(26)23-10-16-8-18(11-22-9-16)19-12-24-25(3)13-19/h4-9,11-13,15H,10,14H2,1-3H3,(H,23,26). The zero-order valence-corrected chi connectivity index (χ0v) is 15.8. The molecular weight excluding hydrogens is 340 g/mol. The second kappa shape index (κ2) is 8.49. The quantitative estimate of drug-likeness (QED) is 0.698. The molecule has 0 atom stereocenters. The average Bonchev–Trinajstić information content (AvgIpc) is 3.11. The topological polar surface area (TPSA) is 69.0 Å². The van der Waals surface area contributed by atoms with E-state index < -0.39 is 0 Å². The van der Waals surface area contributed by atoms with Gasteiger partial charge in [-0.05, 0) is 35.2 Å². The molecule has 6 nitrogen and oxygen atoms in total. The minimum atomic E-state index is -0.172. The summed E-state index contributed by atoms with van der Waals surface area (Å²) in [6.07, 6.45) is 7.24. The molecule has 2 heterocycles. The van der Waals surface area contributed by atoms with Gasteiger partial charge in [0, 0.05) is 43.3 Å². The van der Waals surface area contributed by atoms with Crippen molar-refractivity contribution in [3.8, 4) is 16.9 Å². The van der Waals surface area contributed by atoms with Gasteiger partial charge >= 0.3 is 0 Å². The molecule has 27 heavy (non-hydrogen) atoms. The van der Waals surface area contributed by atoms with Crippen molar-refractivity contribution in [2.24, 2.45) is 7.05 Å². The Hall–Kier alpha value is -3.15. The monoisotopic (exact) mass is 364 g/mol. The molecule has 140 valence electrons. The summed E-state index contributed by atoms with van der Waals surface area (Å²) in [6, 6.07) is 9.82. The lowest BCUT2D eigenvalue weighted by atomic mass is 10.0. The van der Waals surface area contributed by atoms with Gasteiger partial charge in [0.05, 0.1) is 6.20 Å². The Labute approximate surface area is 159 Å². The summed E-state index contributed by atoms with van der Waals surface area (Å²) < 4.78 is 7.29. The van der Waals surface area contributed by atoms with Gasteiger partial charge < -0.3 is 10.1 Å². The molecule has 0 spiro atoms. The van der Waals surface area contributed by atoms with Crippen LogP contribution in [0.3, 0.4) is 0 Å². The number of ether oxygens (including phenoxy) is 1. The molecule has 0 aliphatic heterocycles. The van der Waals surface area contributed by atoms with Crippen LogP contribution < -0.4 is 10.1 Å². The summed E-state index contributed by atoms with van der Waals surface area (Å²) in [5.74, 6) is 0.989. The zero-order valence-electron chi connectivity index (χ0n) is 15.8. The lowest BCUT2D eigenvalue weighted by molar-refractivity contribution is -0.123. The lowest BCUT2D eigenvalue weighted by Crippen LogP contribution is -2.28. The first-order valence-corrected chi connectivity index (χ1v) is 8.93. The van der Waals surface area contributed by atoms with Gasteiger partial charge in [-0.25, -0.2) is 0 Å². The molecular formula is C21H24N4O2. The van der Waals surface area contributed by atoms with Crippen LogP contribution in [0, 0.1) is 0 Å². The molecule has 0 radical (unpaired) electrons. The second-order valence-electron chi connectivity index (χ2n) is 6.77. The third kappa shape index (κ3) is 5.17. The van der Waals surface area contributed by atoms with E-state index in [4.69, 9.17) is 4.74 Å². The SMILES string of the molecule is CC(C)c1ccc(OCC(=O)NCc2cncc(-c3cnn(C)c3)c2)cc1. The molecule has 0 aliphatic rings. The number of benzene rings is 1. The van der Waals surface area contributed by atoms with Gasteiger partial charge in [0.25, 0.3) is 5.91 Å². The van der Waals surface area contributed by atoms with Crippen molar-refractivity contribution >= 4 is 5.91 Å². The molecule has 1 aromatic carbocycles. The Balaban J connectivity index is 1.50. The Kier molecular flexibility index (Phi) is 5.86. The van der Waals surface area contributed by atoms with Crippen molar-refractivity contribution in [1.82, 2.24) is 20.1 Å². The third-order valence-electron chi connectivity index (χ3n) is 4.24. The molecule has 3 aromatic rings.